The first-order chi connectivity index (χ1) is 15.3. The fraction of sp³-hybridized carbons (Fsp3) is 0.0714. The van der Waals surface area contributed by atoms with Crippen molar-refractivity contribution in [3.8, 4) is 22.3 Å². The second-order valence-corrected chi connectivity index (χ2v) is 8.73. The lowest BCUT2D eigenvalue weighted by Gasteiger charge is -2.10. The van der Waals surface area contributed by atoms with Crippen LogP contribution in [0.4, 0.5) is 0 Å². The molecule has 144 valence electrons. The lowest BCUT2D eigenvalue weighted by molar-refractivity contribution is 1.20. The normalized spacial score (nSPS) is 13.5. The molecular weight excluding hydrogens is 378 g/mol. The smallest absolute Gasteiger partial charge is 0.146 e. The maximum absolute atomic E-state index is 4.67. The largest absolute Gasteiger partial charge is 0.283 e. The molecule has 3 heteroatoms. The van der Waals surface area contributed by atoms with Gasteiger partial charge in [0.1, 0.15) is 11.3 Å². The molecule has 8 rings (SSSR count). The minimum absolute atomic E-state index is 0.962. The SMILES string of the molecule is c1ccc2c(c1)Cc1cc3c(cc1-2)-c1cc2c4cccnc4n4ccnc4c2cc1C3. The van der Waals surface area contributed by atoms with Gasteiger partial charge in [-0.15, -0.1) is 0 Å². The Balaban J connectivity index is 1.45. The van der Waals surface area contributed by atoms with E-state index in [1.165, 1.54) is 60.7 Å². The van der Waals surface area contributed by atoms with Gasteiger partial charge >= 0.3 is 0 Å². The first kappa shape index (κ1) is 15.8. The predicted octanol–water partition coefficient (Wildman–Crippen LogP) is 6.18. The number of hydrogen-bond acceptors (Lipinski definition) is 2. The van der Waals surface area contributed by atoms with E-state index in [0.717, 1.165) is 24.1 Å². The molecule has 0 N–H and O–H groups in total. The highest BCUT2D eigenvalue weighted by Gasteiger charge is 2.26. The fourth-order valence-corrected chi connectivity index (χ4v) is 5.76. The van der Waals surface area contributed by atoms with Gasteiger partial charge in [0.05, 0.1) is 0 Å². The van der Waals surface area contributed by atoms with Gasteiger partial charge in [0.2, 0.25) is 0 Å². The molecule has 3 heterocycles. The van der Waals surface area contributed by atoms with Crippen molar-refractivity contribution in [1.82, 2.24) is 14.4 Å². The molecular formula is C28H17N3. The number of pyridine rings is 2. The molecule has 0 saturated carbocycles. The van der Waals surface area contributed by atoms with E-state index in [0.29, 0.717) is 0 Å². The molecule has 0 bridgehead atoms. The van der Waals surface area contributed by atoms with Gasteiger partial charge in [-0.3, -0.25) is 4.40 Å². The van der Waals surface area contributed by atoms with Crippen molar-refractivity contribution in [3.05, 3.63) is 102 Å². The van der Waals surface area contributed by atoms with Crippen LogP contribution in [0.5, 0.6) is 0 Å². The molecule has 3 aromatic heterocycles. The van der Waals surface area contributed by atoms with Crippen molar-refractivity contribution >= 4 is 27.5 Å². The van der Waals surface area contributed by atoms with Gasteiger partial charge in [-0.1, -0.05) is 30.3 Å². The van der Waals surface area contributed by atoms with E-state index < -0.39 is 0 Å². The van der Waals surface area contributed by atoms with E-state index in [1.807, 2.05) is 24.7 Å². The average molecular weight is 395 g/mol. The van der Waals surface area contributed by atoms with E-state index in [9.17, 15) is 0 Å². The number of rotatable bonds is 0. The highest BCUT2D eigenvalue weighted by Crippen LogP contribution is 2.46. The molecule has 0 amide bonds. The van der Waals surface area contributed by atoms with Crippen molar-refractivity contribution in [1.29, 1.82) is 0 Å². The van der Waals surface area contributed by atoms with Crippen LogP contribution < -0.4 is 0 Å². The van der Waals surface area contributed by atoms with Crippen LogP contribution in [0.3, 0.4) is 0 Å². The number of imidazole rings is 1. The third kappa shape index (κ3) is 1.94. The Kier molecular flexibility index (Phi) is 2.74. The van der Waals surface area contributed by atoms with Gasteiger partial charge < -0.3 is 0 Å². The van der Waals surface area contributed by atoms with Crippen LogP contribution >= 0.6 is 0 Å². The zero-order valence-electron chi connectivity index (χ0n) is 16.8. The summed E-state index contributed by atoms with van der Waals surface area (Å²) in [6, 6.07) is 22.6. The van der Waals surface area contributed by atoms with E-state index in [4.69, 9.17) is 0 Å². The Bertz CT molecular complexity index is 1740. The van der Waals surface area contributed by atoms with Crippen LogP contribution in [0.1, 0.15) is 22.3 Å². The molecule has 0 saturated heterocycles. The number of benzene rings is 3. The van der Waals surface area contributed by atoms with Crippen molar-refractivity contribution in [2.24, 2.45) is 0 Å². The number of aromatic nitrogens is 3. The molecule has 0 radical (unpaired) electrons. The van der Waals surface area contributed by atoms with Gasteiger partial charge in [-0.05, 0) is 93.1 Å². The van der Waals surface area contributed by atoms with Crippen molar-refractivity contribution in [2.45, 2.75) is 12.8 Å². The molecule has 31 heavy (non-hydrogen) atoms. The third-order valence-corrected chi connectivity index (χ3v) is 7.12. The summed E-state index contributed by atoms with van der Waals surface area (Å²) >= 11 is 0. The highest BCUT2D eigenvalue weighted by atomic mass is 15.0. The number of nitrogens with zero attached hydrogens (tertiary/aromatic N) is 3. The van der Waals surface area contributed by atoms with Gasteiger partial charge in [0, 0.05) is 29.4 Å². The quantitative estimate of drug-likeness (QED) is 0.287. The van der Waals surface area contributed by atoms with Crippen molar-refractivity contribution < 1.29 is 0 Å². The lowest BCUT2D eigenvalue weighted by Crippen LogP contribution is -1.94. The summed E-state index contributed by atoms with van der Waals surface area (Å²) in [5.74, 6) is 0. The molecule has 0 atom stereocenters. The lowest BCUT2D eigenvalue weighted by atomic mass is 9.96. The standard InChI is InChI=1S/C28H17N3/c1-2-5-20-16(4-1)10-17-11-18-12-19-13-26-25(15-24(19)23(18)14-22(17)20)21-6-3-7-29-27(21)31-9-8-30-28(26)31/h1-9,11,13-15H,10,12H2. The van der Waals surface area contributed by atoms with Crippen molar-refractivity contribution in [2.75, 3.05) is 0 Å². The van der Waals surface area contributed by atoms with E-state index >= 15 is 0 Å². The minimum Gasteiger partial charge on any atom is -0.283 e. The molecule has 0 unspecified atom stereocenters. The second-order valence-electron chi connectivity index (χ2n) is 8.73. The molecule has 2 aliphatic carbocycles. The zero-order chi connectivity index (χ0) is 20.1. The topological polar surface area (TPSA) is 30.2 Å². The van der Waals surface area contributed by atoms with E-state index in [1.54, 1.807) is 0 Å². The van der Waals surface area contributed by atoms with Crippen LogP contribution in [0.15, 0.2) is 79.3 Å². The monoisotopic (exact) mass is 395 g/mol. The Labute approximate surface area is 178 Å². The summed E-state index contributed by atoms with van der Waals surface area (Å²) in [6.45, 7) is 0. The van der Waals surface area contributed by atoms with Crippen LogP contribution in [0.25, 0.3) is 49.7 Å². The third-order valence-electron chi connectivity index (χ3n) is 7.12. The van der Waals surface area contributed by atoms with Crippen LogP contribution in [-0.4, -0.2) is 14.4 Å². The summed E-state index contributed by atoms with van der Waals surface area (Å²) in [6.07, 6.45) is 7.77. The Morgan fingerprint density at radius 1 is 0.548 bits per heavy atom. The minimum atomic E-state index is 0.962. The Morgan fingerprint density at radius 2 is 1.29 bits per heavy atom. The van der Waals surface area contributed by atoms with Gasteiger partial charge in [0.15, 0.2) is 0 Å². The summed E-state index contributed by atoms with van der Waals surface area (Å²) in [4.78, 5) is 9.34. The molecule has 2 aliphatic rings. The molecule has 3 nitrogen and oxygen atoms in total. The van der Waals surface area contributed by atoms with E-state index in [2.05, 4.69) is 69.0 Å². The number of hydrogen-bond donors (Lipinski definition) is 0. The van der Waals surface area contributed by atoms with Crippen LogP contribution in [0, 0.1) is 0 Å². The maximum Gasteiger partial charge on any atom is 0.146 e. The second kappa shape index (κ2) is 5.38. The van der Waals surface area contributed by atoms with E-state index in [-0.39, 0.29) is 0 Å². The maximum atomic E-state index is 4.67. The van der Waals surface area contributed by atoms with Gasteiger partial charge in [-0.25, -0.2) is 9.97 Å². The first-order valence-corrected chi connectivity index (χ1v) is 10.8. The van der Waals surface area contributed by atoms with Crippen molar-refractivity contribution in [3.63, 3.8) is 0 Å². The summed E-state index contributed by atoms with van der Waals surface area (Å²) < 4.78 is 2.11. The Morgan fingerprint density at radius 3 is 2.26 bits per heavy atom. The summed E-state index contributed by atoms with van der Waals surface area (Å²) in [5, 5.41) is 3.61. The molecule has 3 aromatic carbocycles. The average Bonchev–Trinajstić information content (AvgIpc) is 3.51. The highest BCUT2D eigenvalue weighted by molar-refractivity contribution is 6.12. The Hall–Kier alpha value is -3.98. The first-order valence-electron chi connectivity index (χ1n) is 10.8. The molecule has 0 spiro atoms. The van der Waals surface area contributed by atoms with Crippen LogP contribution in [0.2, 0.25) is 0 Å². The van der Waals surface area contributed by atoms with Crippen LogP contribution in [-0.2, 0) is 12.8 Å². The van der Waals surface area contributed by atoms with Gasteiger partial charge in [-0.2, -0.15) is 0 Å². The number of fused-ring (bicyclic) bond motifs is 12. The molecule has 0 fully saturated rings. The predicted molar refractivity (Wildman–Crippen MR) is 124 cm³/mol. The zero-order valence-corrected chi connectivity index (χ0v) is 16.8. The molecule has 6 aromatic rings. The molecule has 0 aliphatic heterocycles. The summed E-state index contributed by atoms with van der Waals surface area (Å²) in [5.41, 5.74) is 13.2. The van der Waals surface area contributed by atoms with Gasteiger partial charge in [0.25, 0.3) is 0 Å². The summed E-state index contributed by atoms with van der Waals surface area (Å²) in [7, 11) is 0. The fourth-order valence-electron chi connectivity index (χ4n) is 5.76.